The molecule has 0 bridgehead atoms. The number of likely N-dealkylation sites (tertiary alicyclic amines) is 1. The summed E-state index contributed by atoms with van der Waals surface area (Å²) in [7, 11) is 0. The molecule has 7 heteroatoms. The number of aromatic carboxylic acids is 1. The van der Waals surface area contributed by atoms with Crippen molar-refractivity contribution in [3.8, 4) is 0 Å². The lowest BCUT2D eigenvalue weighted by Crippen LogP contribution is -2.46. The smallest absolute Gasteiger partial charge is 0.352 e. The SMILES string of the molecule is NCC1CCC(C(=O)N2CC[C@@H](c3ccccc3)[C@H]2C(=O)Cc2ccc3[nH]c(C(=O)O)cc3c2)CC1. The maximum absolute atomic E-state index is 13.8. The number of Topliss-reactive ketones (excluding diaryl/α,β-unsaturated/α-hetero) is 1. The fraction of sp³-hybridized carbons (Fsp3) is 0.414. The molecule has 1 saturated carbocycles. The molecule has 2 aromatic carbocycles. The number of fused-ring (bicyclic) bond motifs is 1. The van der Waals surface area contributed by atoms with Gasteiger partial charge in [-0.1, -0.05) is 36.4 Å². The second kappa shape index (κ2) is 10.3. The van der Waals surface area contributed by atoms with E-state index in [4.69, 9.17) is 5.73 Å². The van der Waals surface area contributed by atoms with Crippen molar-refractivity contribution < 1.29 is 19.5 Å². The third kappa shape index (κ3) is 4.80. The molecule has 0 unspecified atom stereocenters. The number of amides is 1. The van der Waals surface area contributed by atoms with Gasteiger partial charge >= 0.3 is 5.97 Å². The predicted molar refractivity (Wildman–Crippen MR) is 138 cm³/mol. The summed E-state index contributed by atoms with van der Waals surface area (Å²) in [5.41, 5.74) is 8.59. The molecule has 36 heavy (non-hydrogen) atoms. The molecule has 1 aliphatic heterocycles. The minimum atomic E-state index is -1.02. The van der Waals surface area contributed by atoms with Crippen molar-refractivity contribution in [3.05, 3.63) is 71.4 Å². The minimum Gasteiger partial charge on any atom is -0.477 e. The van der Waals surface area contributed by atoms with Crippen LogP contribution in [0.25, 0.3) is 10.9 Å². The van der Waals surface area contributed by atoms with Crippen LogP contribution in [0.15, 0.2) is 54.6 Å². The van der Waals surface area contributed by atoms with Gasteiger partial charge in [0, 0.05) is 35.7 Å². The monoisotopic (exact) mass is 487 g/mol. The van der Waals surface area contributed by atoms with E-state index in [1.54, 1.807) is 6.07 Å². The van der Waals surface area contributed by atoms with Crippen LogP contribution >= 0.6 is 0 Å². The number of nitrogens with zero attached hydrogens (tertiary/aromatic N) is 1. The Morgan fingerprint density at radius 2 is 1.72 bits per heavy atom. The van der Waals surface area contributed by atoms with Crippen molar-refractivity contribution in [2.45, 2.75) is 50.5 Å². The summed E-state index contributed by atoms with van der Waals surface area (Å²) in [6.07, 6.45) is 4.58. The zero-order valence-electron chi connectivity index (χ0n) is 20.4. The molecular weight excluding hydrogens is 454 g/mol. The number of nitrogens with two attached hydrogens (primary N) is 1. The summed E-state index contributed by atoms with van der Waals surface area (Å²) in [5, 5.41) is 10.0. The molecule has 1 saturated heterocycles. The number of rotatable bonds is 7. The maximum atomic E-state index is 13.8. The highest BCUT2D eigenvalue weighted by Gasteiger charge is 2.44. The molecule has 1 amide bonds. The number of benzene rings is 2. The molecule has 2 aliphatic rings. The molecule has 0 radical (unpaired) electrons. The zero-order valence-corrected chi connectivity index (χ0v) is 20.4. The molecule has 2 heterocycles. The first-order valence-electron chi connectivity index (χ1n) is 12.9. The Morgan fingerprint density at radius 3 is 2.42 bits per heavy atom. The Bertz CT molecular complexity index is 1260. The number of aromatic amines is 1. The van der Waals surface area contributed by atoms with Crippen LogP contribution in [0.5, 0.6) is 0 Å². The van der Waals surface area contributed by atoms with Crippen LogP contribution in [-0.4, -0.2) is 51.8 Å². The van der Waals surface area contributed by atoms with Gasteiger partial charge in [-0.3, -0.25) is 9.59 Å². The van der Waals surface area contributed by atoms with E-state index in [1.165, 1.54) is 0 Å². The van der Waals surface area contributed by atoms with Gasteiger partial charge in [0.05, 0.1) is 6.04 Å². The second-order valence-electron chi connectivity index (χ2n) is 10.3. The van der Waals surface area contributed by atoms with Crippen molar-refractivity contribution in [3.63, 3.8) is 0 Å². The van der Waals surface area contributed by atoms with E-state index in [1.807, 2.05) is 53.4 Å². The number of nitrogens with one attached hydrogen (secondary N) is 1. The lowest BCUT2D eigenvalue weighted by Gasteiger charge is -2.33. The zero-order chi connectivity index (χ0) is 25.2. The van der Waals surface area contributed by atoms with Gasteiger partial charge in [-0.15, -0.1) is 0 Å². The van der Waals surface area contributed by atoms with Crippen molar-refractivity contribution in [2.75, 3.05) is 13.1 Å². The number of aromatic nitrogens is 1. The molecular formula is C29H33N3O4. The Balaban J connectivity index is 1.39. The number of hydrogen-bond donors (Lipinski definition) is 3. The Morgan fingerprint density at radius 1 is 0.972 bits per heavy atom. The summed E-state index contributed by atoms with van der Waals surface area (Å²) in [5.74, 6) is -0.462. The number of carboxylic acids is 1. The number of carbonyl (C=O) groups is 3. The first-order valence-corrected chi connectivity index (χ1v) is 12.9. The topological polar surface area (TPSA) is 116 Å². The van der Waals surface area contributed by atoms with Gasteiger partial charge in [-0.2, -0.15) is 0 Å². The third-order valence-electron chi connectivity index (χ3n) is 8.06. The number of carbonyl (C=O) groups excluding carboxylic acids is 2. The summed E-state index contributed by atoms with van der Waals surface area (Å²) >= 11 is 0. The van der Waals surface area contributed by atoms with Crippen molar-refractivity contribution in [1.29, 1.82) is 0 Å². The van der Waals surface area contributed by atoms with Gasteiger partial charge in [0.15, 0.2) is 5.78 Å². The predicted octanol–water partition coefficient (Wildman–Crippen LogP) is 4.13. The lowest BCUT2D eigenvalue weighted by atomic mass is 9.81. The highest BCUT2D eigenvalue weighted by Crippen LogP contribution is 2.38. The Kier molecular flexibility index (Phi) is 6.92. The highest BCUT2D eigenvalue weighted by atomic mass is 16.4. The standard InChI is InChI=1S/C29H33N3O4/c30-17-18-6-9-21(10-7-18)28(34)32-13-12-23(20-4-2-1-3-5-20)27(32)26(33)15-19-8-11-24-22(14-19)16-25(31-24)29(35)36/h1-5,8,11,14,16,18,21,23,27,31H,6-7,9-10,12-13,15,17,30H2,(H,35,36)/t18?,21?,23-,27-/m0/s1. The Labute approximate surface area is 210 Å². The van der Waals surface area contributed by atoms with Gasteiger partial charge in [-0.25, -0.2) is 4.79 Å². The molecule has 0 spiro atoms. The van der Waals surface area contributed by atoms with Gasteiger partial charge in [-0.05, 0) is 73.9 Å². The van der Waals surface area contributed by atoms with Gasteiger partial charge < -0.3 is 20.7 Å². The number of carboxylic acid groups (broad SMARTS) is 1. The first-order chi connectivity index (χ1) is 17.4. The van der Waals surface area contributed by atoms with E-state index < -0.39 is 12.0 Å². The molecule has 188 valence electrons. The van der Waals surface area contributed by atoms with Gasteiger partial charge in [0.1, 0.15) is 5.69 Å². The van der Waals surface area contributed by atoms with Crippen molar-refractivity contribution in [2.24, 2.45) is 17.6 Å². The normalized spacial score (nSPS) is 24.2. The van der Waals surface area contributed by atoms with Gasteiger partial charge in [0.2, 0.25) is 5.91 Å². The summed E-state index contributed by atoms with van der Waals surface area (Å²) in [4.78, 5) is 43.5. The number of H-pyrrole nitrogens is 1. The number of hydrogen-bond acceptors (Lipinski definition) is 4. The average Bonchev–Trinajstić information content (AvgIpc) is 3.54. The van der Waals surface area contributed by atoms with E-state index in [0.717, 1.165) is 54.1 Å². The van der Waals surface area contributed by atoms with E-state index in [2.05, 4.69) is 4.98 Å². The number of ketones is 1. The molecule has 2 fully saturated rings. The van der Waals surface area contributed by atoms with Gasteiger partial charge in [0.25, 0.3) is 0 Å². The first kappa shape index (κ1) is 24.3. The van der Waals surface area contributed by atoms with E-state index >= 15 is 0 Å². The van der Waals surface area contributed by atoms with Crippen molar-refractivity contribution in [1.82, 2.24) is 9.88 Å². The average molecular weight is 488 g/mol. The molecule has 7 nitrogen and oxygen atoms in total. The minimum absolute atomic E-state index is 0.0266. The fourth-order valence-corrected chi connectivity index (χ4v) is 6.08. The van der Waals surface area contributed by atoms with E-state index in [0.29, 0.717) is 19.0 Å². The van der Waals surface area contributed by atoms with Crippen LogP contribution in [0.3, 0.4) is 0 Å². The summed E-state index contributed by atoms with van der Waals surface area (Å²) < 4.78 is 0. The molecule has 2 atom stereocenters. The third-order valence-corrected chi connectivity index (χ3v) is 8.06. The highest BCUT2D eigenvalue weighted by molar-refractivity contribution is 5.95. The maximum Gasteiger partial charge on any atom is 0.352 e. The van der Waals surface area contributed by atoms with Crippen LogP contribution in [0.1, 0.15) is 59.6 Å². The largest absolute Gasteiger partial charge is 0.477 e. The molecule has 1 aromatic heterocycles. The summed E-state index contributed by atoms with van der Waals surface area (Å²) in [6, 6.07) is 16.6. The quantitative estimate of drug-likeness (QED) is 0.463. The van der Waals surface area contributed by atoms with Crippen LogP contribution < -0.4 is 5.73 Å². The van der Waals surface area contributed by atoms with E-state index in [9.17, 15) is 19.5 Å². The van der Waals surface area contributed by atoms with Crippen LogP contribution in [0.2, 0.25) is 0 Å². The second-order valence-corrected chi connectivity index (χ2v) is 10.3. The van der Waals surface area contributed by atoms with Crippen molar-refractivity contribution >= 4 is 28.6 Å². The van der Waals surface area contributed by atoms with E-state index in [-0.39, 0.29) is 35.6 Å². The van der Waals surface area contributed by atoms with Crippen LogP contribution in [0, 0.1) is 11.8 Å². The molecule has 4 N–H and O–H groups in total. The fourth-order valence-electron chi connectivity index (χ4n) is 6.08. The molecule has 5 rings (SSSR count). The van der Waals surface area contributed by atoms with Crippen LogP contribution in [0.4, 0.5) is 0 Å². The lowest BCUT2D eigenvalue weighted by molar-refractivity contribution is -0.142. The Hall–Kier alpha value is -3.45. The molecule has 3 aromatic rings. The summed E-state index contributed by atoms with van der Waals surface area (Å²) in [6.45, 7) is 1.26. The van der Waals surface area contributed by atoms with Crippen LogP contribution in [-0.2, 0) is 16.0 Å². The molecule has 1 aliphatic carbocycles.